The van der Waals surface area contributed by atoms with E-state index >= 15 is 0 Å². The van der Waals surface area contributed by atoms with Crippen LogP contribution in [0.3, 0.4) is 0 Å². The molecule has 0 bridgehead atoms. The molecule has 0 fully saturated rings. The number of hydrogen-bond acceptors (Lipinski definition) is 36. The van der Waals surface area contributed by atoms with Crippen molar-refractivity contribution in [3.63, 3.8) is 0 Å². The molecule has 630 valence electrons. The molecule has 0 spiro atoms. The monoisotopic (exact) mass is 1670 g/mol. The molecule has 1 aliphatic heterocycles. The summed E-state index contributed by atoms with van der Waals surface area (Å²) in [5.74, 6) is 0.0308. The zero-order valence-electron chi connectivity index (χ0n) is 62.2. The predicted molar refractivity (Wildman–Crippen MR) is 386 cm³/mol. The van der Waals surface area contributed by atoms with E-state index in [0.29, 0.717) is 107 Å². The average Bonchev–Trinajstić information content (AvgIpc) is 1.53. The Bertz CT molecular complexity index is 3400. The van der Waals surface area contributed by atoms with Crippen LogP contribution in [0.25, 0.3) is 0 Å². The van der Waals surface area contributed by atoms with E-state index in [-0.39, 0.29) is 206 Å². The van der Waals surface area contributed by atoms with E-state index in [0.717, 1.165) is 0 Å². The first kappa shape index (κ1) is 95.7. The van der Waals surface area contributed by atoms with Gasteiger partial charge in [-0.15, -0.1) is 10.2 Å². The lowest BCUT2D eigenvalue weighted by molar-refractivity contribution is -0.0179. The smallest absolute Gasteiger partial charge is 0.474 e. The first-order chi connectivity index (χ1) is 53.6. The molecule has 3 heterocycles. The number of rotatable bonds is 72. The third-order valence-electron chi connectivity index (χ3n) is 13.9. The van der Waals surface area contributed by atoms with E-state index in [2.05, 4.69) is 55.1 Å². The zero-order valence-corrected chi connectivity index (χ0v) is 65.7. The number of carbonyl (C=O) groups is 2. The van der Waals surface area contributed by atoms with Crippen LogP contribution in [0.15, 0.2) is 70.8 Å². The quantitative estimate of drug-likeness (QED) is 0.0136. The molecule has 9 N–H and O–H groups in total. The van der Waals surface area contributed by atoms with Crippen LogP contribution in [0.4, 0.5) is 5.69 Å². The molecule has 4 aromatic rings. The summed E-state index contributed by atoms with van der Waals surface area (Å²) in [6.45, 7) is 2.19. The summed E-state index contributed by atoms with van der Waals surface area (Å²) in [7, 11) is -14.7. The number of aromatic nitrogens is 6. The van der Waals surface area contributed by atoms with E-state index in [4.69, 9.17) is 94.7 Å². The summed E-state index contributed by atoms with van der Waals surface area (Å²) in [5.41, 5.74) is 8.56. The Morgan fingerprint density at radius 3 is 1.25 bits per heavy atom. The third-order valence-corrected chi connectivity index (χ3v) is 17.8. The fraction of sp³-hybridized carbons (Fsp3) is 0.683. The molecule has 2 amide bonds. The number of amides is 2. The SMILES string of the molecule is Cn1cc(COc2cc(C(=O)NCCCCCCOP(=O)(O)OCCOCCOCCOCCOCCOCCOP(=O)(O)OCCOCCOCCOCCOCCOCCOP(=O)(O)OCOP(=O)(O)OCC(O)COCCCNC(=O)c3ccc(N)cc3)cc(OCc3cn(C)nn3)c2OCC2=CCN=N2)nn1. The van der Waals surface area contributed by atoms with E-state index in [9.17, 15) is 52.5 Å². The highest BCUT2D eigenvalue weighted by Crippen LogP contribution is 2.48. The summed E-state index contributed by atoms with van der Waals surface area (Å²) in [6, 6.07) is 9.52. The van der Waals surface area contributed by atoms with Crippen molar-refractivity contribution in [2.75, 3.05) is 224 Å². The van der Waals surface area contributed by atoms with Crippen molar-refractivity contribution in [2.45, 2.75) is 51.4 Å². The Hall–Kier alpha value is -5.84. The Balaban J connectivity index is 0.712. The van der Waals surface area contributed by atoms with Gasteiger partial charge in [0.1, 0.15) is 37.3 Å². The van der Waals surface area contributed by atoms with Crippen LogP contribution < -0.4 is 30.6 Å². The van der Waals surface area contributed by atoms with Gasteiger partial charge in [-0.1, -0.05) is 23.3 Å². The molecule has 48 heteroatoms. The fourth-order valence-electron chi connectivity index (χ4n) is 8.58. The van der Waals surface area contributed by atoms with Crippen molar-refractivity contribution in [1.82, 2.24) is 40.6 Å². The number of carbonyl (C=O) groups excluding carboxylic acids is 2. The zero-order chi connectivity index (χ0) is 79.9. The Morgan fingerprint density at radius 1 is 0.450 bits per heavy atom. The minimum absolute atomic E-state index is 0.00920. The number of phosphoric acid groups is 4. The van der Waals surface area contributed by atoms with E-state index < -0.39 is 50.8 Å². The number of benzene rings is 2. The first-order valence-corrected chi connectivity index (χ1v) is 41.3. The minimum atomic E-state index is -4.80. The molecule has 0 aliphatic carbocycles. The standard InChI is InChI=1S/C63H105N11O33P4/c1-73-44-56(69-71-73)47-97-59-42-53(43-60(98-48-57-45-74(2)72-70-57)61(59)99-46-55-12-15-67-68-55)63(77)65-13-5-3-4-6-17-100-108(78,79)101-38-34-92-30-26-88-22-18-86-19-23-89-27-31-93-35-39-102-109(80,81)103-40-36-94-32-28-90-24-20-87-21-25-91-29-33-95-37-41-104-110(82,83)106-51-107-111(84,85)105-50-58(75)49-96-16-7-14-66-62(76)52-8-10-54(64)11-9-52/h8-12,42-45,58,75H,3-7,13-41,46-51,64H2,1-2H3,(H,65,77)(H,66,76)(H,78,79)(H,80,81)(H,82,83)(H,84,85). The Morgan fingerprint density at radius 2 is 0.838 bits per heavy atom. The van der Waals surface area contributed by atoms with Crippen molar-refractivity contribution in [2.24, 2.45) is 24.3 Å². The number of nitrogens with one attached hydrogen (secondary N) is 2. The van der Waals surface area contributed by atoms with Crippen molar-refractivity contribution in [3.8, 4) is 17.2 Å². The predicted octanol–water partition coefficient (Wildman–Crippen LogP) is 3.56. The maximum atomic E-state index is 13.5. The van der Waals surface area contributed by atoms with Crippen molar-refractivity contribution < 1.29 is 155 Å². The number of ether oxygens (including phenoxy) is 14. The lowest BCUT2D eigenvalue weighted by atomic mass is 10.1. The third kappa shape index (κ3) is 47.6. The number of phosphoric ester groups is 4. The lowest BCUT2D eigenvalue weighted by Gasteiger charge is -2.18. The average molecular weight is 1670 g/mol. The molecule has 5 rings (SSSR count). The van der Waals surface area contributed by atoms with Crippen LogP contribution in [-0.4, -0.2) is 291 Å². The number of aliphatic hydroxyl groups excluding tert-OH is 1. The van der Waals surface area contributed by atoms with Crippen LogP contribution in [0.2, 0.25) is 0 Å². The number of unbranched alkanes of at least 4 members (excludes halogenated alkanes) is 3. The first-order valence-electron chi connectivity index (χ1n) is 35.3. The maximum absolute atomic E-state index is 13.5. The van der Waals surface area contributed by atoms with Gasteiger partial charge in [-0.3, -0.25) is 55.1 Å². The largest absolute Gasteiger partial charge is 0.483 e. The summed E-state index contributed by atoms with van der Waals surface area (Å²) in [6.07, 6.45) is 6.79. The number of aryl methyl sites for hydroxylation is 2. The number of nitrogens with two attached hydrogens (primary N) is 1. The molecule has 1 aliphatic rings. The van der Waals surface area contributed by atoms with E-state index in [1.54, 1.807) is 72.3 Å². The Kier molecular flexibility index (Phi) is 49.4. The molecule has 111 heavy (non-hydrogen) atoms. The molecule has 0 radical (unpaired) electrons. The van der Waals surface area contributed by atoms with Gasteiger partial charge in [0.25, 0.3) is 11.8 Å². The molecule has 2 aromatic heterocycles. The second kappa shape index (κ2) is 57.2. The van der Waals surface area contributed by atoms with Gasteiger partial charge >= 0.3 is 31.3 Å². The molecule has 0 saturated carbocycles. The molecule has 0 saturated heterocycles. The van der Waals surface area contributed by atoms with Gasteiger partial charge in [-0.05, 0) is 61.7 Å². The summed E-state index contributed by atoms with van der Waals surface area (Å²) in [4.78, 5) is 65.1. The van der Waals surface area contributed by atoms with Gasteiger partial charge in [-0.2, -0.15) is 10.2 Å². The van der Waals surface area contributed by atoms with Gasteiger partial charge in [0.2, 0.25) is 5.75 Å². The van der Waals surface area contributed by atoms with Crippen molar-refractivity contribution in [3.05, 3.63) is 83.1 Å². The number of azo groups is 1. The summed E-state index contributed by atoms with van der Waals surface area (Å²) in [5, 5.41) is 39.7. The molecule has 44 nitrogen and oxygen atoms in total. The lowest BCUT2D eigenvalue weighted by Crippen LogP contribution is -2.26. The molecular formula is C63H105N11O33P4. The minimum Gasteiger partial charge on any atom is -0.483 e. The number of aliphatic hydroxyl groups is 1. The molecule has 5 atom stereocenters. The van der Waals surface area contributed by atoms with E-state index in [1.165, 1.54) is 0 Å². The van der Waals surface area contributed by atoms with Gasteiger partial charge in [0.05, 0.1) is 203 Å². The van der Waals surface area contributed by atoms with E-state index in [1.807, 2.05) is 6.08 Å². The van der Waals surface area contributed by atoms with Crippen LogP contribution in [-0.2, 0) is 134 Å². The normalized spacial score (nSPS) is 14.7. The van der Waals surface area contributed by atoms with Crippen LogP contribution in [0, 0.1) is 0 Å². The number of nitrogens with zero attached hydrogens (tertiary/aromatic N) is 8. The van der Waals surface area contributed by atoms with Gasteiger partial charge in [0, 0.05) is 50.6 Å². The van der Waals surface area contributed by atoms with Gasteiger partial charge in [0.15, 0.2) is 18.3 Å². The topological polar surface area (TPSA) is 543 Å². The fourth-order valence-corrected chi connectivity index (χ4v) is 11.3. The van der Waals surface area contributed by atoms with Crippen molar-refractivity contribution in [1.29, 1.82) is 0 Å². The van der Waals surface area contributed by atoms with Crippen LogP contribution in [0.1, 0.15) is 64.2 Å². The van der Waals surface area contributed by atoms with Crippen LogP contribution in [0.5, 0.6) is 17.2 Å². The van der Waals surface area contributed by atoms with Gasteiger partial charge in [-0.25, -0.2) is 18.3 Å². The Labute approximate surface area is 642 Å². The van der Waals surface area contributed by atoms with Gasteiger partial charge < -0.3 is 107 Å². The highest BCUT2D eigenvalue weighted by atomic mass is 31.2. The van der Waals surface area contributed by atoms with Crippen LogP contribution >= 0.6 is 31.3 Å². The highest BCUT2D eigenvalue weighted by Gasteiger charge is 2.28. The molecule has 5 unspecified atom stereocenters. The molecule has 2 aromatic carbocycles. The number of anilines is 1. The number of nitrogen functional groups attached to an aromatic ring is 1. The summed E-state index contributed by atoms with van der Waals surface area (Å²) >= 11 is 0. The highest BCUT2D eigenvalue weighted by molar-refractivity contribution is 7.48. The van der Waals surface area contributed by atoms with Crippen molar-refractivity contribution >= 4 is 48.8 Å². The second-order valence-corrected chi connectivity index (χ2v) is 28.8. The summed E-state index contributed by atoms with van der Waals surface area (Å²) < 4.78 is 168. The molecular weight excluding hydrogens is 1560 g/mol. The second-order valence-electron chi connectivity index (χ2n) is 23.0. The maximum Gasteiger partial charge on any atom is 0.474 e. The number of hydrogen-bond donors (Lipinski definition) is 8.